The van der Waals surface area contributed by atoms with Crippen LogP contribution in [0.1, 0.15) is 5.56 Å². The predicted octanol–water partition coefficient (Wildman–Crippen LogP) is 4.36. The molecule has 2 nitrogen and oxygen atoms in total. The zero-order valence-electron chi connectivity index (χ0n) is 9.17. The highest BCUT2D eigenvalue weighted by Crippen LogP contribution is 2.48. The second kappa shape index (κ2) is 4.66. The van der Waals surface area contributed by atoms with E-state index >= 15 is 0 Å². The summed E-state index contributed by atoms with van der Waals surface area (Å²) >= 11 is 8.27. The molecule has 2 rings (SSSR count). The second-order valence-electron chi connectivity index (χ2n) is 3.81. The molecule has 0 saturated heterocycles. The van der Waals surface area contributed by atoms with Crippen molar-refractivity contribution in [1.82, 2.24) is 0 Å². The van der Waals surface area contributed by atoms with Gasteiger partial charge in [-0.3, -0.25) is 4.99 Å². The van der Waals surface area contributed by atoms with E-state index in [9.17, 15) is 13.2 Å². The second-order valence-corrected chi connectivity index (χ2v) is 5.50. The van der Waals surface area contributed by atoms with Gasteiger partial charge in [0.05, 0.1) is 17.3 Å². The number of nitriles is 1. The van der Waals surface area contributed by atoms with Gasteiger partial charge in [-0.05, 0) is 12.1 Å². The number of allylic oxidation sites excluding steroid dienone is 1. The number of halogens is 5. The van der Waals surface area contributed by atoms with Crippen LogP contribution in [0.5, 0.6) is 0 Å². The van der Waals surface area contributed by atoms with Crippen molar-refractivity contribution in [1.29, 1.82) is 5.26 Å². The summed E-state index contributed by atoms with van der Waals surface area (Å²) in [6.07, 6.45) is -3.95. The third kappa shape index (κ3) is 2.28. The minimum atomic E-state index is -4.64. The lowest BCUT2D eigenvalue weighted by Gasteiger charge is -2.22. The summed E-state index contributed by atoms with van der Waals surface area (Å²) in [5.74, 6) is 0. The molecule has 1 heterocycles. The van der Waals surface area contributed by atoms with Gasteiger partial charge in [0.25, 0.3) is 0 Å². The summed E-state index contributed by atoms with van der Waals surface area (Å²) in [6.45, 7) is 0. The Bertz CT molecular complexity index is 613. The molecule has 0 N–H and O–H groups in total. The number of rotatable bonds is 1. The van der Waals surface area contributed by atoms with E-state index in [-0.39, 0.29) is 5.70 Å². The lowest BCUT2D eigenvalue weighted by Crippen LogP contribution is -2.40. The number of aliphatic imine (C=N–C) groups is 1. The Kier molecular flexibility index (Phi) is 3.45. The highest BCUT2D eigenvalue weighted by molar-refractivity contribution is 9.10. The minimum absolute atomic E-state index is 0.00614. The molecule has 0 radical (unpaired) electrons. The Morgan fingerprint density at radius 1 is 1.26 bits per heavy atom. The van der Waals surface area contributed by atoms with Crippen molar-refractivity contribution in [3.63, 3.8) is 0 Å². The van der Waals surface area contributed by atoms with Crippen LogP contribution >= 0.6 is 27.5 Å². The van der Waals surface area contributed by atoms with Gasteiger partial charge >= 0.3 is 6.18 Å². The van der Waals surface area contributed by atoms with Gasteiger partial charge in [-0.2, -0.15) is 18.4 Å². The first-order valence-electron chi connectivity index (χ1n) is 5.01. The van der Waals surface area contributed by atoms with Crippen LogP contribution in [-0.2, 0) is 0 Å². The van der Waals surface area contributed by atoms with E-state index in [4.69, 9.17) is 16.9 Å². The molecule has 0 bridgehead atoms. The Balaban J connectivity index is 2.58. The van der Waals surface area contributed by atoms with Gasteiger partial charge in [0, 0.05) is 16.8 Å². The number of hydrogen-bond donors (Lipinski definition) is 0. The lowest BCUT2D eigenvalue weighted by molar-refractivity contribution is -0.131. The fraction of sp³-hybridized carbons (Fsp3) is 0.167. The summed E-state index contributed by atoms with van der Waals surface area (Å²) in [7, 11) is 0. The van der Waals surface area contributed by atoms with Gasteiger partial charge in [-0.15, -0.1) is 0 Å². The van der Waals surface area contributed by atoms with Crippen molar-refractivity contribution >= 4 is 39.4 Å². The van der Waals surface area contributed by atoms with E-state index in [1.165, 1.54) is 24.3 Å². The molecular weight excluding hydrogens is 344 g/mol. The monoisotopic (exact) mass is 348 g/mol. The molecule has 0 amide bonds. The fourth-order valence-corrected chi connectivity index (χ4v) is 2.14. The van der Waals surface area contributed by atoms with Gasteiger partial charge in [0.1, 0.15) is 0 Å². The first-order valence-corrected chi connectivity index (χ1v) is 6.18. The minimum Gasteiger partial charge on any atom is -0.257 e. The maximum Gasteiger partial charge on any atom is 0.413 e. The maximum absolute atomic E-state index is 13.0. The van der Waals surface area contributed by atoms with E-state index in [1.807, 2.05) is 0 Å². The van der Waals surface area contributed by atoms with Crippen LogP contribution in [0, 0.1) is 11.3 Å². The van der Waals surface area contributed by atoms with Crippen molar-refractivity contribution in [2.24, 2.45) is 4.99 Å². The standard InChI is InChI=1S/C12H5BrClF3N2/c13-11(12(15,16)17)6-19-10(9(11)5-18)7-1-3-8(14)4-2-7/h1-4,6H. The van der Waals surface area contributed by atoms with Crippen molar-refractivity contribution in [2.75, 3.05) is 0 Å². The molecule has 19 heavy (non-hydrogen) atoms. The number of nitrogens with zero attached hydrogens (tertiary/aromatic N) is 2. The van der Waals surface area contributed by atoms with Crippen molar-refractivity contribution in [3.8, 4) is 6.07 Å². The van der Waals surface area contributed by atoms with E-state index in [0.29, 0.717) is 16.8 Å². The van der Waals surface area contributed by atoms with Gasteiger partial charge in [-0.1, -0.05) is 39.7 Å². The molecule has 7 heteroatoms. The summed E-state index contributed by atoms with van der Waals surface area (Å²) in [4.78, 5) is 3.73. The van der Waals surface area contributed by atoms with Crippen LogP contribution < -0.4 is 0 Å². The van der Waals surface area contributed by atoms with Crippen LogP contribution in [0.4, 0.5) is 13.2 Å². The van der Waals surface area contributed by atoms with Gasteiger partial charge in [-0.25, -0.2) is 0 Å². The van der Waals surface area contributed by atoms with Gasteiger partial charge in [0.2, 0.25) is 0 Å². The first kappa shape index (κ1) is 14.1. The molecule has 1 unspecified atom stereocenters. The van der Waals surface area contributed by atoms with E-state index < -0.39 is 16.1 Å². The molecule has 1 atom stereocenters. The molecule has 1 aromatic carbocycles. The van der Waals surface area contributed by atoms with Gasteiger partial charge in [0.15, 0.2) is 4.32 Å². The summed E-state index contributed by atoms with van der Waals surface area (Å²) in [6, 6.07) is 7.66. The number of hydrogen-bond acceptors (Lipinski definition) is 2. The molecule has 0 spiro atoms. The van der Waals surface area contributed by atoms with Crippen LogP contribution in [0.15, 0.2) is 34.8 Å². The average molecular weight is 350 g/mol. The first-order chi connectivity index (χ1) is 8.79. The van der Waals surface area contributed by atoms with Crippen molar-refractivity contribution in [2.45, 2.75) is 10.5 Å². The van der Waals surface area contributed by atoms with E-state index in [2.05, 4.69) is 20.9 Å². The zero-order valence-corrected chi connectivity index (χ0v) is 11.5. The number of alkyl halides is 4. The Morgan fingerprint density at radius 3 is 2.32 bits per heavy atom. The smallest absolute Gasteiger partial charge is 0.257 e. The molecule has 0 aromatic heterocycles. The Hall–Kier alpha value is -1.32. The molecule has 0 fully saturated rings. The fourth-order valence-electron chi connectivity index (χ4n) is 1.63. The lowest BCUT2D eigenvalue weighted by atomic mass is 9.98. The molecule has 1 aromatic rings. The normalized spacial score (nSPS) is 22.7. The molecule has 0 saturated carbocycles. The third-order valence-corrected chi connectivity index (χ3v) is 3.92. The highest BCUT2D eigenvalue weighted by Gasteiger charge is 2.58. The largest absolute Gasteiger partial charge is 0.413 e. The molecule has 0 aliphatic carbocycles. The van der Waals surface area contributed by atoms with Crippen LogP contribution in [0.2, 0.25) is 5.02 Å². The topological polar surface area (TPSA) is 36.1 Å². The zero-order chi connectivity index (χ0) is 14.3. The summed E-state index contributed by atoms with van der Waals surface area (Å²) < 4.78 is 36.4. The van der Waals surface area contributed by atoms with Crippen molar-refractivity contribution in [3.05, 3.63) is 40.4 Å². The highest BCUT2D eigenvalue weighted by atomic mass is 79.9. The van der Waals surface area contributed by atoms with Crippen LogP contribution in [0.25, 0.3) is 5.70 Å². The maximum atomic E-state index is 13.0. The predicted molar refractivity (Wildman–Crippen MR) is 70.2 cm³/mol. The average Bonchev–Trinajstić information content (AvgIpc) is 2.68. The SMILES string of the molecule is N#CC1=C(c2ccc(Cl)cc2)N=CC1(Br)C(F)(F)F. The summed E-state index contributed by atoms with van der Waals surface area (Å²) in [5.41, 5.74) is -0.0848. The third-order valence-electron chi connectivity index (χ3n) is 2.61. The van der Waals surface area contributed by atoms with Crippen LogP contribution in [-0.4, -0.2) is 16.7 Å². The van der Waals surface area contributed by atoms with E-state index in [0.717, 1.165) is 0 Å². The quantitative estimate of drug-likeness (QED) is 0.694. The summed E-state index contributed by atoms with van der Waals surface area (Å²) in [5, 5.41) is 9.46. The molecular formula is C12H5BrClF3N2. The number of benzene rings is 1. The van der Waals surface area contributed by atoms with E-state index in [1.54, 1.807) is 6.07 Å². The van der Waals surface area contributed by atoms with Crippen LogP contribution in [0.3, 0.4) is 0 Å². The van der Waals surface area contributed by atoms with Gasteiger partial charge < -0.3 is 0 Å². The molecule has 98 valence electrons. The Morgan fingerprint density at radius 2 is 1.84 bits per heavy atom. The molecule has 1 aliphatic heterocycles. The Labute approximate surface area is 120 Å². The molecule has 1 aliphatic rings. The van der Waals surface area contributed by atoms with Crippen molar-refractivity contribution < 1.29 is 13.2 Å².